The van der Waals surface area contributed by atoms with Gasteiger partial charge in [-0.25, -0.2) is 13.1 Å². The maximum Gasteiger partial charge on any atom is 0.211 e. The van der Waals surface area contributed by atoms with Gasteiger partial charge in [0.05, 0.1) is 5.75 Å². The van der Waals surface area contributed by atoms with Gasteiger partial charge in [0.25, 0.3) is 0 Å². The van der Waals surface area contributed by atoms with Crippen LogP contribution >= 0.6 is 0 Å². The topological polar surface area (TPSA) is 58.2 Å². The molecule has 0 bridgehead atoms. The summed E-state index contributed by atoms with van der Waals surface area (Å²) in [5.41, 5.74) is 0. The molecule has 1 fully saturated rings. The van der Waals surface area contributed by atoms with Crippen molar-refractivity contribution in [2.24, 2.45) is 5.92 Å². The Kier molecular flexibility index (Phi) is 5.56. The van der Waals surface area contributed by atoms with E-state index in [-0.39, 0.29) is 5.75 Å². The second kappa shape index (κ2) is 6.45. The lowest BCUT2D eigenvalue weighted by Gasteiger charge is -2.22. The van der Waals surface area contributed by atoms with Crippen LogP contribution < -0.4 is 10.0 Å². The Labute approximate surface area is 92.9 Å². The second-order valence-corrected chi connectivity index (χ2v) is 6.16. The van der Waals surface area contributed by atoms with Gasteiger partial charge >= 0.3 is 0 Å². The van der Waals surface area contributed by atoms with Crippen LogP contribution in [-0.4, -0.2) is 33.8 Å². The van der Waals surface area contributed by atoms with Crippen molar-refractivity contribution in [1.82, 2.24) is 10.0 Å². The molecule has 1 aliphatic rings. The summed E-state index contributed by atoms with van der Waals surface area (Å²) >= 11 is 0. The van der Waals surface area contributed by atoms with Crippen molar-refractivity contribution in [3.05, 3.63) is 0 Å². The molecular formula is C10H22N2O2S. The molecule has 4 nitrogen and oxygen atoms in total. The minimum Gasteiger partial charge on any atom is -0.316 e. The van der Waals surface area contributed by atoms with E-state index < -0.39 is 10.0 Å². The van der Waals surface area contributed by atoms with Crippen LogP contribution in [0.15, 0.2) is 0 Å². The van der Waals surface area contributed by atoms with Crippen molar-refractivity contribution in [2.45, 2.75) is 32.6 Å². The molecule has 0 aliphatic carbocycles. The molecule has 1 rings (SSSR count). The number of piperidine rings is 1. The Hall–Kier alpha value is -0.130. The van der Waals surface area contributed by atoms with Crippen LogP contribution in [0.3, 0.4) is 0 Å². The minimum atomic E-state index is -3.02. The van der Waals surface area contributed by atoms with Crippen molar-refractivity contribution >= 4 is 10.0 Å². The molecule has 0 spiro atoms. The summed E-state index contributed by atoms with van der Waals surface area (Å²) in [6, 6.07) is 0. The highest BCUT2D eigenvalue weighted by molar-refractivity contribution is 7.89. The highest BCUT2D eigenvalue weighted by atomic mass is 32.2. The van der Waals surface area contributed by atoms with Gasteiger partial charge in [0.15, 0.2) is 0 Å². The van der Waals surface area contributed by atoms with E-state index in [1.54, 1.807) is 0 Å². The Morgan fingerprint density at radius 1 is 1.47 bits per heavy atom. The molecule has 0 saturated carbocycles. The third-order valence-electron chi connectivity index (χ3n) is 2.76. The fraction of sp³-hybridized carbons (Fsp3) is 1.00. The van der Waals surface area contributed by atoms with E-state index in [2.05, 4.69) is 10.0 Å². The first-order valence-electron chi connectivity index (χ1n) is 5.82. The fourth-order valence-corrected chi connectivity index (χ4v) is 3.05. The van der Waals surface area contributed by atoms with Gasteiger partial charge in [-0.15, -0.1) is 0 Å². The quantitative estimate of drug-likeness (QED) is 0.711. The van der Waals surface area contributed by atoms with Crippen molar-refractivity contribution in [2.75, 3.05) is 25.4 Å². The monoisotopic (exact) mass is 234 g/mol. The summed E-state index contributed by atoms with van der Waals surface area (Å²) < 4.78 is 25.7. The number of hydrogen-bond donors (Lipinski definition) is 2. The van der Waals surface area contributed by atoms with E-state index in [1.807, 2.05) is 6.92 Å². The van der Waals surface area contributed by atoms with Gasteiger partial charge in [0.2, 0.25) is 10.0 Å². The summed E-state index contributed by atoms with van der Waals surface area (Å²) in [6.07, 6.45) is 3.95. The first-order valence-corrected chi connectivity index (χ1v) is 7.47. The predicted octanol–water partition coefficient (Wildman–Crippen LogP) is 0.706. The van der Waals surface area contributed by atoms with Gasteiger partial charge in [0, 0.05) is 6.54 Å². The molecule has 15 heavy (non-hydrogen) atoms. The summed E-state index contributed by atoms with van der Waals surface area (Å²) in [5, 5.41) is 3.28. The van der Waals surface area contributed by atoms with E-state index in [0.29, 0.717) is 12.5 Å². The molecule has 0 aromatic carbocycles. The number of hydrogen-bond acceptors (Lipinski definition) is 3. The second-order valence-electron chi connectivity index (χ2n) is 4.23. The molecule has 5 heteroatoms. The summed E-state index contributed by atoms with van der Waals surface area (Å²) in [5.74, 6) is 0.735. The smallest absolute Gasteiger partial charge is 0.211 e. The number of sulfonamides is 1. The predicted molar refractivity (Wildman–Crippen MR) is 62.3 cm³/mol. The first-order chi connectivity index (χ1) is 7.14. The number of unbranched alkanes of at least 4 members (excludes halogenated alkanes) is 1. The van der Waals surface area contributed by atoms with E-state index in [1.165, 1.54) is 0 Å². The van der Waals surface area contributed by atoms with E-state index in [4.69, 9.17) is 0 Å². The average molecular weight is 234 g/mol. The molecule has 1 aliphatic heterocycles. The van der Waals surface area contributed by atoms with Crippen LogP contribution in [0.25, 0.3) is 0 Å². The van der Waals surface area contributed by atoms with Gasteiger partial charge in [-0.1, -0.05) is 13.3 Å². The van der Waals surface area contributed by atoms with Crippen molar-refractivity contribution < 1.29 is 8.42 Å². The van der Waals surface area contributed by atoms with Gasteiger partial charge in [-0.2, -0.15) is 0 Å². The standard InChI is InChI=1S/C10H22N2O2S/c1-2-3-7-15(13,14)12-9-10-5-4-6-11-8-10/h10-12H,2-9H2,1H3. The maximum atomic E-state index is 11.5. The number of rotatable bonds is 6. The van der Waals surface area contributed by atoms with Crippen LogP contribution in [0.2, 0.25) is 0 Å². The Morgan fingerprint density at radius 2 is 2.27 bits per heavy atom. The third kappa shape index (κ3) is 5.49. The van der Waals surface area contributed by atoms with Crippen LogP contribution in [0, 0.1) is 5.92 Å². The van der Waals surface area contributed by atoms with E-state index >= 15 is 0 Å². The van der Waals surface area contributed by atoms with Crippen molar-refractivity contribution in [3.63, 3.8) is 0 Å². The normalized spacial score (nSPS) is 22.9. The minimum absolute atomic E-state index is 0.268. The number of nitrogens with one attached hydrogen (secondary N) is 2. The Bertz CT molecular complexity index is 259. The third-order valence-corrected chi connectivity index (χ3v) is 4.19. The lowest BCUT2D eigenvalue weighted by atomic mass is 10.0. The van der Waals surface area contributed by atoms with Gasteiger partial charge in [-0.3, -0.25) is 0 Å². The molecule has 0 amide bonds. The summed E-state index contributed by atoms with van der Waals surface area (Å²) in [6.45, 7) is 4.61. The van der Waals surface area contributed by atoms with Gasteiger partial charge in [-0.05, 0) is 38.3 Å². The highest BCUT2D eigenvalue weighted by Crippen LogP contribution is 2.08. The molecule has 0 aromatic rings. The van der Waals surface area contributed by atoms with E-state index in [9.17, 15) is 8.42 Å². The van der Waals surface area contributed by atoms with Crippen molar-refractivity contribution in [3.8, 4) is 0 Å². The maximum absolute atomic E-state index is 11.5. The summed E-state index contributed by atoms with van der Waals surface area (Å²) in [7, 11) is -3.02. The Morgan fingerprint density at radius 3 is 2.87 bits per heavy atom. The molecule has 90 valence electrons. The molecule has 0 radical (unpaired) electrons. The zero-order chi connectivity index (χ0) is 11.1. The SMILES string of the molecule is CCCCS(=O)(=O)NCC1CCCNC1. The zero-order valence-corrected chi connectivity index (χ0v) is 10.3. The molecule has 1 atom stereocenters. The van der Waals surface area contributed by atoms with Gasteiger partial charge < -0.3 is 5.32 Å². The lowest BCUT2D eigenvalue weighted by molar-refractivity contribution is 0.376. The molecule has 0 aromatic heterocycles. The molecule has 1 saturated heterocycles. The van der Waals surface area contributed by atoms with Crippen LogP contribution in [0.5, 0.6) is 0 Å². The van der Waals surface area contributed by atoms with Crippen LogP contribution in [-0.2, 0) is 10.0 Å². The first kappa shape index (κ1) is 12.9. The molecule has 1 heterocycles. The van der Waals surface area contributed by atoms with Crippen molar-refractivity contribution in [1.29, 1.82) is 0 Å². The molecular weight excluding hydrogens is 212 g/mol. The Balaban J connectivity index is 2.22. The highest BCUT2D eigenvalue weighted by Gasteiger charge is 2.16. The lowest BCUT2D eigenvalue weighted by Crippen LogP contribution is -2.38. The average Bonchev–Trinajstić information content (AvgIpc) is 2.25. The fourth-order valence-electron chi connectivity index (χ4n) is 1.75. The van der Waals surface area contributed by atoms with Crippen LogP contribution in [0.1, 0.15) is 32.6 Å². The molecule has 1 unspecified atom stereocenters. The molecule has 2 N–H and O–H groups in total. The zero-order valence-electron chi connectivity index (χ0n) is 9.46. The van der Waals surface area contributed by atoms with Crippen LogP contribution in [0.4, 0.5) is 0 Å². The van der Waals surface area contributed by atoms with E-state index in [0.717, 1.165) is 38.8 Å². The van der Waals surface area contributed by atoms with Gasteiger partial charge in [0.1, 0.15) is 0 Å². The largest absolute Gasteiger partial charge is 0.316 e. The summed E-state index contributed by atoms with van der Waals surface area (Å²) in [4.78, 5) is 0.